The van der Waals surface area contributed by atoms with Crippen LogP contribution in [0.4, 0.5) is 5.69 Å². The third-order valence-corrected chi connectivity index (χ3v) is 7.06. The van der Waals surface area contributed by atoms with Gasteiger partial charge in [-0.15, -0.1) is 0 Å². The normalized spacial score (nSPS) is 15.0. The number of allylic oxidation sites excluding steroid dienone is 7. The third kappa shape index (κ3) is 6.61. The summed E-state index contributed by atoms with van der Waals surface area (Å²) in [5.41, 5.74) is 18.2. The van der Waals surface area contributed by atoms with Crippen LogP contribution in [0, 0.1) is 0 Å². The van der Waals surface area contributed by atoms with E-state index in [1.807, 2.05) is 76.8 Å². The lowest BCUT2D eigenvalue weighted by atomic mass is 9.98. The van der Waals surface area contributed by atoms with Crippen LogP contribution in [0.25, 0.3) is 11.1 Å². The van der Waals surface area contributed by atoms with E-state index in [9.17, 15) is 0 Å². The highest BCUT2D eigenvalue weighted by atomic mass is 16.5. The molecule has 1 aliphatic heterocycles. The van der Waals surface area contributed by atoms with Gasteiger partial charge in [0.1, 0.15) is 30.4 Å². The molecule has 8 heteroatoms. The van der Waals surface area contributed by atoms with Crippen LogP contribution in [0.2, 0.25) is 0 Å². The fraction of sp³-hybridized carbons (Fsp3) is 0.265. The fourth-order valence-corrected chi connectivity index (χ4v) is 4.99. The molecule has 42 heavy (non-hydrogen) atoms. The number of hydrogen-bond acceptors (Lipinski definition) is 7. The molecule has 1 aliphatic carbocycles. The number of ether oxygens (including phenoxy) is 1. The Morgan fingerprint density at radius 3 is 2.64 bits per heavy atom. The summed E-state index contributed by atoms with van der Waals surface area (Å²) in [5.74, 6) is 0.743. The Morgan fingerprint density at radius 2 is 1.90 bits per heavy atom. The lowest BCUT2D eigenvalue weighted by Crippen LogP contribution is -2.19. The number of nitrogens with zero attached hydrogens (tertiary/aromatic N) is 4. The van der Waals surface area contributed by atoms with Gasteiger partial charge < -0.3 is 25.7 Å². The quantitative estimate of drug-likeness (QED) is 0.229. The number of hydrogen-bond donors (Lipinski definition) is 3. The van der Waals surface area contributed by atoms with Crippen LogP contribution in [0.5, 0.6) is 0 Å². The summed E-state index contributed by atoms with van der Waals surface area (Å²) in [5, 5.41) is 3.37. The van der Waals surface area contributed by atoms with E-state index in [0.29, 0.717) is 13.3 Å². The fourth-order valence-electron chi connectivity index (χ4n) is 4.99. The molecule has 0 bridgehead atoms. The second-order valence-corrected chi connectivity index (χ2v) is 11.1. The number of aromatic nitrogens is 3. The van der Waals surface area contributed by atoms with Crippen molar-refractivity contribution in [2.75, 3.05) is 39.2 Å². The number of nitrogens with one attached hydrogen (secondary N) is 2. The number of fused-ring (bicyclic) bond motifs is 2. The smallest absolute Gasteiger partial charge is 0.120 e. The van der Waals surface area contributed by atoms with Gasteiger partial charge in [0, 0.05) is 48.4 Å². The molecule has 0 spiro atoms. The molecule has 5 rings (SSSR count). The zero-order valence-electron chi connectivity index (χ0n) is 25.0. The lowest BCUT2D eigenvalue weighted by molar-refractivity contribution is 0.193. The van der Waals surface area contributed by atoms with Gasteiger partial charge in [-0.25, -0.2) is 4.98 Å². The largest absolute Gasteiger partial charge is 0.492 e. The van der Waals surface area contributed by atoms with Crippen molar-refractivity contribution in [3.05, 3.63) is 124 Å². The average molecular weight is 562 g/mol. The summed E-state index contributed by atoms with van der Waals surface area (Å²) < 4.78 is 6.10. The van der Waals surface area contributed by atoms with Gasteiger partial charge in [0.15, 0.2) is 0 Å². The van der Waals surface area contributed by atoms with Crippen molar-refractivity contribution < 1.29 is 4.74 Å². The first-order valence-corrected chi connectivity index (χ1v) is 14.2. The molecule has 0 fully saturated rings. The maximum Gasteiger partial charge on any atom is 0.120 e. The van der Waals surface area contributed by atoms with Crippen molar-refractivity contribution in [3.8, 4) is 0 Å². The second kappa shape index (κ2) is 12.9. The van der Waals surface area contributed by atoms with E-state index < -0.39 is 0 Å². The number of anilines is 1. The van der Waals surface area contributed by atoms with Crippen molar-refractivity contribution in [1.29, 1.82) is 0 Å². The molecule has 3 aromatic heterocycles. The van der Waals surface area contributed by atoms with E-state index >= 15 is 0 Å². The molecule has 216 valence electrons. The molecule has 8 nitrogen and oxygen atoms in total. The first-order valence-electron chi connectivity index (χ1n) is 14.2. The van der Waals surface area contributed by atoms with Gasteiger partial charge >= 0.3 is 0 Å². The zero-order chi connectivity index (χ0) is 29.6. The summed E-state index contributed by atoms with van der Waals surface area (Å²) in [7, 11) is 4.05. The Labute approximate surface area is 248 Å². The Hall–Kier alpha value is -4.69. The zero-order valence-corrected chi connectivity index (χ0v) is 25.0. The van der Waals surface area contributed by atoms with Crippen molar-refractivity contribution in [2.24, 2.45) is 10.7 Å². The predicted molar refractivity (Wildman–Crippen MR) is 172 cm³/mol. The van der Waals surface area contributed by atoms with E-state index in [-0.39, 0.29) is 0 Å². The van der Waals surface area contributed by atoms with Crippen LogP contribution in [0.15, 0.2) is 95.1 Å². The van der Waals surface area contributed by atoms with E-state index in [4.69, 9.17) is 20.4 Å². The van der Waals surface area contributed by atoms with Crippen LogP contribution in [0.3, 0.4) is 0 Å². The molecule has 4 heterocycles. The minimum Gasteiger partial charge on any atom is -0.492 e. The molecule has 0 amide bonds. The topological polar surface area (TPSA) is 104 Å². The highest BCUT2D eigenvalue weighted by molar-refractivity contribution is 6.15. The van der Waals surface area contributed by atoms with Gasteiger partial charge in [0.05, 0.1) is 17.1 Å². The molecular weight excluding hydrogens is 522 g/mol. The molecule has 0 saturated heterocycles. The summed E-state index contributed by atoms with van der Waals surface area (Å²) in [6.07, 6.45) is 14.4. The summed E-state index contributed by atoms with van der Waals surface area (Å²) >= 11 is 0. The Balaban J connectivity index is 1.51. The monoisotopic (exact) mass is 561 g/mol. The second-order valence-electron chi connectivity index (χ2n) is 11.1. The highest BCUT2D eigenvalue weighted by Gasteiger charge is 2.24. The molecule has 4 N–H and O–H groups in total. The summed E-state index contributed by atoms with van der Waals surface area (Å²) in [6, 6.07) is 10.3. The van der Waals surface area contributed by atoms with Gasteiger partial charge in [-0.2, -0.15) is 0 Å². The lowest BCUT2D eigenvalue weighted by Gasteiger charge is -2.18. The molecule has 0 saturated carbocycles. The molecule has 0 radical (unpaired) electrons. The highest BCUT2D eigenvalue weighted by Crippen LogP contribution is 2.33. The Kier molecular flexibility index (Phi) is 8.83. The van der Waals surface area contributed by atoms with E-state index in [1.165, 1.54) is 5.57 Å². The average Bonchev–Trinajstić information content (AvgIpc) is 3.31. The number of rotatable bonds is 9. The van der Waals surface area contributed by atoms with E-state index in [0.717, 1.165) is 80.7 Å². The Morgan fingerprint density at radius 1 is 1.10 bits per heavy atom. The van der Waals surface area contributed by atoms with Gasteiger partial charge in [0.2, 0.25) is 0 Å². The van der Waals surface area contributed by atoms with E-state index in [1.54, 1.807) is 6.20 Å². The molecule has 0 unspecified atom stereocenters. The van der Waals surface area contributed by atoms with Crippen molar-refractivity contribution in [2.45, 2.75) is 27.2 Å². The van der Waals surface area contributed by atoms with Crippen LogP contribution in [0.1, 0.15) is 54.7 Å². The number of aliphatic imine (C=N–C) groups is 1. The molecule has 2 aliphatic rings. The maximum absolute atomic E-state index is 6.15. The van der Waals surface area contributed by atoms with E-state index in [2.05, 4.69) is 45.3 Å². The number of H-pyrrole nitrogens is 1. The maximum atomic E-state index is 6.15. The SMILES string of the molecule is CC(C)=C/C(=C\C(=C/N)c1ccc2c(n1)C(c1cc3c([nH]1)CC(C)=CC=C3c1ccncc1)=NCN2)OCCN(C)C. The summed E-state index contributed by atoms with van der Waals surface area (Å²) in [4.78, 5) is 19.9. The first-order chi connectivity index (χ1) is 20.3. The van der Waals surface area contributed by atoms with Gasteiger partial charge in [-0.3, -0.25) is 9.98 Å². The Bertz CT molecular complexity index is 1630. The third-order valence-electron chi connectivity index (χ3n) is 7.06. The van der Waals surface area contributed by atoms with Gasteiger partial charge in [0.25, 0.3) is 0 Å². The molecule has 3 aromatic rings. The van der Waals surface area contributed by atoms with Crippen LogP contribution in [-0.2, 0) is 11.2 Å². The summed E-state index contributed by atoms with van der Waals surface area (Å²) in [6.45, 7) is 8.11. The van der Waals surface area contributed by atoms with Crippen LogP contribution >= 0.6 is 0 Å². The van der Waals surface area contributed by atoms with Crippen molar-refractivity contribution >= 4 is 22.5 Å². The number of likely N-dealkylation sites (N-methyl/N-ethyl adjacent to an activating group) is 1. The standard InChI is InChI=1S/C34H39N7O/c1-22(2)16-26(42-15-14-41(4)5)18-25(20-35)29-8-9-30-34(40-29)33(38-21-37-30)32-19-28-27(24-10-12-36-13-11-24)7-6-23(3)17-31(28)39-32/h6-13,16,18-20,37,39H,14-15,17,21,35H2,1-5H3/b25-20+,26-18+. The number of aromatic amines is 1. The van der Waals surface area contributed by atoms with Crippen LogP contribution in [-0.4, -0.2) is 59.5 Å². The van der Waals surface area contributed by atoms with Crippen molar-refractivity contribution in [3.63, 3.8) is 0 Å². The minimum absolute atomic E-state index is 0.475. The van der Waals surface area contributed by atoms with Gasteiger partial charge in [-0.1, -0.05) is 23.3 Å². The molecule has 0 aromatic carbocycles. The predicted octanol–water partition coefficient (Wildman–Crippen LogP) is 5.69. The number of nitrogens with two attached hydrogens (primary N) is 1. The number of pyridine rings is 2. The minimum atomic E-state index is 0.475. The molecule has 0 atom stereocenters. The molecular formula is C34H39N7O. The van der Waals surface area contributed by atoms with Crippen molar-refractivity contribution in [1.82, 2.24) is 19.9 Å². The van der Waals surface area contributed by atoms with Crippen LogP contribution < -0.4 is 11.1 Å². The van der Waals surface area contributed by atoms with Gasteiger partial charge in [-0.05, 0) is 88.5 Å². The first kappa shape index (κ1) is 28.8.